The van der Waals surface area contributed by atoms with Gasteiger partial charge in [0.2, 0.25) is 5.82 Å². The van der Waals surface area contributed by atoms with Crippen LogP contribution in [-0.4, -0.2) is 35.2 Å². The second-order valence-corrected chi connectivity index (χ2v) is 6.93. The maximum absolute atomic E-state index is 12.8. The minimum Gasteiger partial charge on any atom is -0.348 e. The van der Waals surface area contributed by atoms with Crippen LogP contribution in [0, 0.1) is 0 Å². The predicted molar refractivity (Wildman–Crippen MR) is 111 cm³/mol. The first-order valence-electron chi connectivity index (χ1n) is 8.91. The summed E-state index contributed by atoms with van der Waals surface area (Å²) in [5.74, 6) is 0.596. The number of carbonyl (C=O) groups is 1. The molecule has 1 aliphatic heterocycles. The van der Waals surface area contributed by atoms with Gasteiger partial charge in [0.15, 0.2) is 0 Å². The van der Waals surface area contributed by atoms with E-state index in [1.165, 1.54) is 0 Å². The number of aromatic nitrogens is 2. The van der Waals surface area contributed by atoms with E-state index in [0.717, 1.165) is 31.5 Å². The molecule has 1 atom stereocenters. The Morgan fingerprint density at radius 2 is 2.07 bits per heavy atom. The van der Waals surface area contributed by atoms with Crippen molar-refractivity contribution in [3.05, 3.63) is 59.1 Å². The average molecular weight is 419 g/mol. The van der Waals surface area contributed by atoms with Crippen LogP contribution in [0.4, 0.5) is 0 Å². The lowest BCUT2D eigenvalue weighted by molar-refractivity contribution is 0.0931. The minimum atomic E-state index is -0.137. The van der Waals surface area contributed by atoms with Crippen LogP contribution in [0.1, 0.15) is 23.2 Å². The van der Waals surface area contributed by atoms with Crippen molar-refractivity contribution < 1.29 is 9.32 Å². The number of hydrogen-bond acceptors (Lipinski definition) is 5. The third kappa shape index (κ3) is 4.52. The highest BCUT2D eigenvalue weighted by Crippen LogP contribution is 2.26. The van der Waals surface area contributed by atoms with E-state index in [-0.39, 0.29) is 24.4 Å². The Kier molecular flexibility index (Phi) is 6.67. The van der Waals surface area contributed by atoms with Gasteiger partial charge < -0.3 is 15.2 Å². The summed E-state index contributed by atoms with van der Waals surface area (Å²) in [5.41, 5.74) is 1.89. The molecule has 1 amide bonds. The van der Waals surface area contributed by atoms with Gasteiger partial charge in [0.1, 0.15) is 0 Å². The Hall–Kier alpha value is -2.41. The molecule has 1 fully saturated rings. The van der Waals surface area contributed by atoms with Crippen molar-refractivity contribution in [2.75, 3.05) is 13.1 Å². The Balaban J connectivity index is 0.00000225. The van der Waals surface area contributed by atoms with Gasteiger partial charge >= 0.3 is 0 Å². The molecule has 1 aromatic heterocycles. The topological polar surface area (TPSA) is 80.0 Å². The Morgan fingerprint density at radius 3 is 2.86 bits per heavy atom. The van der Waals surface area contributed by atoms with E-state index in [1.807, 2.05) is 30.3 Å². The smallest absolute Gasteiger partial charge is 0.259 e. The Labute approximate surface area is 174 Å². The van der Waals surface area contributed by atoms with Crippen molar-refractivity contribution in [1.82, 2.24) is 20.8 Å². The molecular formula is C20H20Cl2N4O2. The average Bonchev–Trinajstić information content (AvgIpc) is 3.19. The third-order valence-electron chi connectivity index (χ3n) is 4.54. The van der Waals surface area contributed by atoms with Gasteiger partial charge in [-0.1, -0.05) is 41.0 Å². The fraction of sp³-hybridized carbons (Fsp3) is 0.250. The molecule has 8 heteroatoms. The van der Waals surface area contributed by atoms with Crippen molar-refractivity contribution in [2.24, 2.45) is 0 Å². The quantitative estimate of drug-likeness (QED) is 0.669. The van der Waals surface area contributed by atoms with Crippen LogP contribution in [0.2, 0.25) is 5.02 Å². The molecule has 0 aliphatic carbocycles. The van der Waals surface area contributed by atoms with E-state index >= 15 is 0 Å². The molecular weight excluding hydrogens is 399 g/mol. The molecule has 146 valence electrons. The molecule has 6 nitrogen and oxygen atoms in total. The summed E-state index contributed by atoms with van der Waals surface area (Å²) in [7, 11) is 0. The van der Waals surface area contributed by atoms with Crippen LogP contribution in [0.15, 0.2) is 53.1 Å². The maximum atomic E-state index is 12.8. The first-order chi connectivity index (χ1) is 13.2. The number of nitrogens with zero attached hydrogens (tertiary/aromatic N) is 2. The van der Waals surface area contributed by atoms with Gasteiger partial charge in [-0.3, -0.25) is 4.79 Å². The number of amides is 1. The first-order valence-corrected chi connectivity index (χ1v) is 9.29. The maximum Gasteiger partial charge on any atom is 0.259 e. The summed E-state index contributed by atoms with van der Waals surface area (Å²) in [5, 5.41) is 11.0. The van der Waals surface area contributed by atoms with Crippen molar-refractivity contribution in [1.29, 1.82) is 0 Å². The van der Waals surface area contributed by atoms with Gasteiger partial charge in [0.25, 0.3) is 11.8 Å². The highest BCUT2D eigenvalue weighted by molar-refractivity contribution is 6.30. The third-order valence-corrected chi connectivity index (χ3v) is 4.78. The molecule has 4 rings (SSSR count). The van der Waals surface area contributed by atoms with E-state index in [4.69, 9.17) is 16.1 Å². The first kappa shape index (κ1) is 20.3. The highest BCUT2D eigenvalue weighted by Gasteiger charge is 2.21. The second kappa shape index (κ2) is 9.19. The van der Waals surface area contributed by atoms with Crippen molar-refractivity contribution in [2.45, 2.75) is 18.9 Å². The van der Waals surface area contributed by atoms with Crippen LogP contribution in [-0.2, 0) is 0 Å². The van der Waals surface area contributed by atoms with Crippen molar-refractivity contribution >= 4 is 29.9 Å². The summed E-state index contributed by atoms with van der Waals surface area (Å²) < 4.78 is 5.43. The number of carbonyl (C=O) groups excluding carboxylic acids is 1. The molecule has 1 unspecified atom stereocenters. The van der Waals surface area contributed by atoms with E-state index in [0.29, 0.717) is 27.9 Å². The highest BCUT2D eigenvalue weighted by atomic mass is 35.5. The van der Waals surface area contributed by atoms with Crippen LogP contribution >= 0.6 is 24.0 Å². The number of benzene rings is 2. The Morgan fingerprint density at radius 1 is 1.21 bits per heavy atom. The summed E-state index contributed by atoms with van der Waals surface area (Å²) in [6.45, 7) is 1.78. The summed E-state index contributed by atoms with van der Waals surface area (Å²) >= 11 is 6.03. The number of piperidine rings is 1. The standard InChI is InChI=1S/C20H19ClN4O2.ClH/c21-14-6-3-5-13(11-14)18-24-20(27-25-18)17-9-2-1-8-16(17)19(26)23-15-7-4-10-22-12-15;/h1-3,5-6,8-9,11,15,22H,4,7,10,12H2,(H,23,26);1H. The van der Waals surface area contributed by atoms with Gasteiger partial charge in [-0.2, -0.15) is 4.98 Å². The molecule has 0 saturated carbocycles. The molecule has 2 heterocycles. The molecule has 1 saturated heterocycles. The summed E-state index contributed by atoms with van der Waals surface area (Å²) in [6, 6.07) is 14.6. The van der Waals surface area contributed by atoms with Gasteiger partial charge in [0.05, 0.1) is 11.1 Å². The van der Waals surface area contributed by atoms with E-state index in [2.05, 4.69) is 20.8 Å². The number of nitrogens with one attached hydrogen (secondary N) is 2. The zero-order valence-electron chi connectivity index (χ0n) is 15.0. The van der Waals surface area contributed by atoms with Gasteiger partial charge in [0, 0.05) is 23.2 Å². The van der Waals surface area contributed by atoms with Crippen molar-refractivity contribution in [3.8, 4) is 22.8 Å². The van der Waals surface area contributed by atoms with Crippen LogP contribution in [0.25, 0.3) is 22.8 Å². The second-order valence-electron chi connectivity index (χ2n) is 6.50. The van der Waals surface area contributed by atoms with Crippen molar-refractivity contribution in [3.63, 3.8) is 0 Å². The molecule has 28 heavy (non-hydrogen) atoms. The fourth-order valence-electron chi connectivity index (χ4n) is 3.18. The largest absolute Gasteiger partial charge is 0.348 e. The normalized spacial score (nSPS) is 16.2. The molecule has 2 N–H and O–H groups in total. The SMILES string of the molecule is Cl.O=C(NC1CCCNC1)c1ccccc1-c1nc(-c2cccc(Cl)c2)no1. The molecule has 2 aromatic carbocycles. The summed E-state index contributed by atoms with van der Waals surface area (Å²) in [4.78, 5) is 17.2. The molecule has 0 spiro atoms. The van der Waals surface area contributed by atoms with Gasteiger partial charge in [-0.05, 0) is 43.7 Å². The van der Waals surface area contributed by atoms with Crippen LogP contribution in [0.5, 0.6) is 0 Å². The van der Waals surface area contributed by atoms with E-state index < -0.39 is 0 Å². The lowest BCUT2D eigenvalue weighted by Crippen LogP contribution is -2.45. The van der Waals surface area contributed by atoms with E-state index in [1.54, 1.807) is 18.2 Å². The van der Waals surface area contributed by atoms with Crippen LogP contribution < -0.4 is 10.6 Å². The van der Waals surface area contributed by atoms with Gasteiger partial charge in [-0.25, -0.2) is 0 Å². The molecule has 3 aromatic rings. The monoisotopic (exact) mass is 418 g/mol. The lowest BCUT2D eigenvalue weighted by Gasteiger charge is -2.24. The lowest BCUT2D eigenvalue weighted by atomic mass is 10.0. The molecule has 1 aliphatic rings. The molecule has 0 bridgehead atoms. The minimum absolute atomic E-state index is 0. The zero-order valence-corrected chi connectivity index (χ0v) is 16.6. The number of hydrogen-bond donors (Lipinski definition) is 2. The Bertz CT molecular complexity index is 955. The fourth-order valence-corrected chi connectivity index (χ4v) is 3.37. The summed E-state index contributed by atoms with van der Waals surface area (Å²) in [6.07, 6.45) is 2.03. The predicted octanol–water partition coefficient (Wildman–Crippen LogP) is 3.96. The number of halogens is 2. The van der Waals surface area contributed by atoms with E-state index in [9.17, 15) is 4.79 Å². The van der Waals surface area contributed by atoms with Gasteiger partial charge in [-0.15, -0.1) is 12.4 Å². The zero-order chi connectivity index (χ0) is 18.6. The molecule has 0 radical (unpaired) electrons. The van der Waals surface area contributed by atoms with Crippen LogP contribution in [0.3, 0.4) is 0 Å². The number of rotatable bonds is 4.